The number of hydrogen-bond acceptors (Lipinski definition) is 4. The molecule has 0 saturated carbocycles. The molecule has 1 aliphatic carbocycles. The number of carbonyl (C=O) groups is 1. The van der Waals surface area contributed by atoms with E-state index in [1.807, 2.05) is 13.0 Å². The maximum atomic E-state index is 11.7. The van der Waals surface area contributed by atoms with Crippen LogP contribution in [0.2, 0.25) is 0 Å². The van der Waals surface area contributed by atoms with Gasteiger partial charge < -0.3 is 14.8 Å². The maximum absolute atomic E-state index is 11.7. The largest absolute Gasteiger partial charge is 0.494 e. The van der Waals surface area contributed by atoms with Gasteiger partial charge >= 0.3 is 5.97 Å². The molecule has 0 aromatic heterocycles. The van der Waals surface area contributed by atoms with Gasteiger partial charge in [-0.05, 0) is 62.9 Å². The highest BCUT2D eigenvalue weighted by Gasteiger charge is 2.17. The van der Waals surface area contributed by atoms with Crippen LogP contribution >= 0.6 is 0 Å². The lowest BCUT2D eigenvalue weighted by atomic mass is 9.92. The Bertz CT molecular complexity index is 473. The fourth-order valence-corrected chi connectivity index (χ4v) is 2.72. The van der Waals surface area contributed by atoms with Crippen LogP contribution in [0.4, 0.5) is 0 Å². The number of benzene rings is 1. The van der Waals surface area contributed by atoms with Gasteiger partial charge in [0.05, 0.1) is 13.2 Å². The molecule has 4 heteroatoms. The normalized spacial score (nSPS) is 15.1. The van der Waals surface area contributed by atoms with Crippen molar-refractivity contribution in [2.24, 2.45) is 0 Å². The Morgan fingerprint density at radius 3 is 2.76 bits per heavy atom. The number of ether oxygens (including phenoxy) is 2. The standard InChI is InChI=1S/C17H25NO3/c1-3-20-17(19)16(18-2)10-11-21-15-9-8-13-6-4-5-7-14(13)12-15/h8-9,12,16,18H,3-7,10-11H2,1-2H3. The maximum Gasteiger partial charge on any atom is 0.323 e. The highest BCUT2D eigenvalue weighted by Crippen LogP contribution is 2.25. The summed E-state index contributed by atoms with van der Waals surface area (Å²) in [5.74, 6) is 0.684. The first-order valence-electron chi connectivity index (χ1n) is 7.83. The Morgan fingerprint density at radius 2 is 2.05 bits per heavy atom. The Morgan fingerprint density at radius 1 is 1.29 bits per heavy atom. The molecule has 0 heterocycles. The van der Waals surface area contributed by atoms with Gasteiger partial charge in [-0.1, -0.05) is 6.07 Å². The molecule has 0 spiro atoms. The topological polar surface area (TPSA) is 47.6 Å². The van der Waals surface area contributed by atoms with E-state index < -0.39 is 0 Å². The van der Waals surface area contributed by atoms with Crippen LogP contribution in [0.1, 0.15) is 37.3 Å². The van der Waals surface area contributed by atoms with Gasteiger partial charge in [0.2, 0.25) is 0 Å². The van der Waals surface area contributed by atoms with Crippen molar-refractivity contribution in [2.75, 3.05) is 20.3 Å². The molecule has 0 fully saturated rings. The van der Waals surface area contributed by atoms with E-state index in [-0.39, 0.29) is 12.0 Å². The first-order valence-corrected chi connectivity index (χ1v) is 7.83. The first-order chi connectivity index (χ1) is 10.2. The van der Waals surface area contributed by atoms with Crippen LogP contribution < -0.4 is 10.1 Å². The third-order valence-electron chi connectivity index (χ3n) is 3.91. The van der Waals surface area contributed by atoms with Crippen LogP contribution in [0, 0.1) is 0 Å². The Labute approximate surface area is 126 Å². The molecular formula is C17H25NO3. The van der Waals surface area contributed by atoms with Crippen LogP contribution in [0.3, 0.4) is 0 Å². The second-order valence-corrected chi connectivity index (χ2v) is 5.37. The Hall–Kier alpha value is -1.55. The molecule has 0 bridgehead atoms. The van der Waals surface area contributed by atoms with E-state index in [0.717, 1.165) is 12.2 Å². The van der Waals surface area contributed by atoms with E-state index >= 15 is 0 Å². The van der Waals surface area contributed by atoms with Crippen molar-refractivity contribution < 1.29 is 14.3 Å². The monoisotopic (exact) mass is 291 g/mol. The lowest BCUT2D eigenvalue weighted by Crippen LogP contribution is -2.36. The summed E-state index contributed by atoms with van der Waals surface area (Å²) in [5, 5.41) is 2.97. The quantitative estimate of drug-likeness (QED) is 0.784. The Kier molecular flexibility index (Phi) is 6.05. The zero-order valence-corrected chi connectivity index (χ0v) is 13.0. The van der Waals surface area contributed by atoms with Gasteiger partial charge in [0.15, 0.2) is 0 Å². The fourth-order valence-electron chi connectivity index (χ4n) is 2.72. The van der Waals surface area contributed by atoms with Crippen molar-refractivity contribution >= 4 is 5.97 Å². The minimum absolute atomic E-state index is 0.214. The molecule has 1 N–H and O–H groups in total. The molecule has 4 nitrogen and oxygen atoms in total. The molecule has 0 saturated heterocycles. The van der Waals surface area contributed by atoms with Gasteiger partial charge in [-0.3, -0.25) is 4.79 Å². The number of esters is 1. The average Bonchev–Trinajstić information content (AvgIpc) is 2.51. The van der Waals surface area contributed by atoms with E-state index in [4.69, 9.17) is 9.47 Å². The van der Waals surface area contributed by atoms with Crippen molar-refractivity contribution in [2.45, 2.75) is 45.1 Å². The average molecular weight is 291 g/mol. The summed E-state index contributed by atoms with van der Waals surface area (Å²) in [6, 6.07) is 6.04. The number of rotatable bonds is 7. The predicted molar refractivity (Wildman–Crippen MR) is 82.7 cm³/mol. The Balaban J connectivity index is 1.84. The molecule has 1 aromatic rings. The number of carbonyl (C=O) groups excluding carboxylic acids is 1. The molecule has 1 aromatic carbocycles. The van der Waals surface area contributed by atoms with Gasteiger partial charge in [-0.2, -0.15) is 0 Å². The second-order valence-electron chi connectivity index (χ2n) is 5.37. The molecule has 0 aliphatic heterocycles. The van der Waals surface area contributed by atoms with Crippen molar-refractivity contribution in [3.8, 4) is 5.75 Å². The third kappa shape index (κ3) is 4.46. The summed E-state index contributed by atoms with van der Waals surface area (Å²) in [7, 11) is 1.76. The van der Waals surface area contributed by atoms with Gasteiger partial charge in [0, 0.05) is 6.42 Å². The minimum atomic E-state index is -0.303. The molecule has 0 amide bonds. The summed E-state index contributed by atoms with van der Waals surface area (Å²) in [5.41, 5.74) is 2.86. The van der Waals surface area contributed by atoms with Crippen molar-refractivity contribution in [3.63, 3.8) is 0 Å². The lowest BCUT2D eigenvalue weighted by molar-refractivity contribution is -0.145. The second kappa shape index (κ2) is 8.03. The van der Waals surface area contributed by atoms with Crippen LogP contribution in [0.5, 0.6) is 5.75 Å². The molecule has 1 unspecified atom stereocenters. The molecular weight excluding hydrogens is 266 g/mol. The number of likely N-dealkylation sites (N-methyl/N-ethyl adjacent to an activating group) is 1. The zero-order chi connectivity index (χ0) is 15.1. The van der Waals surface area contributed by atoms with E-state index in [2.05, 4.69) is 17.4 Å². The summed E-state index contributed by atoms with van der Waals surface area (Å²) < 4.78 is 10.8. The minimum Gasteiger partial charge on any atom is -0.494 e. The number of fused-ring (bicyclic) bond motifs is 1. The van der Waals surface area contributed by atoms with Crippen molar-refractivity contribution in [1.29, 1.82) is 0 Å². The van der Waals surface area contributed by atoms with Crippen LogP contribution in [0.15, 0.2) is 18.2 Å². The summed E-state index contributed by atoms with van der Waals surface area (Å²) >= 11 is 0. The number of nitrogens with one attached hydrogen (secondary N) is 1. The molecule has 1 aliphatic rings. The third-order valence-corrected chi connectivity index (χ3v) is 3.91. The summed E-state index contributed by atoms with van der Waals surface area (Å²) in [6.07, 6.45) is 5.49. The lowest BCUT2D eigenvalue weighted by Gasteiger charge is -2.18. The SMILES string of the molecule is CCOC(=O)C(CCOc1ccc2c(c1)CCCC2)NC. The van der Waals surface area contributed by atoms with Crippen LogP contribution in [-0.2, 0) is 22.4 Å². The molecule has 2 rings (SSSR count). The highest BCUT2D eigenvalue weighted by atomic mass is 16.5. The van der Waals surface area contributed by atoms with Gasteiger partial charge in [0.1, 0.15) is 11.8 Å². The highest BCUT2D eigenvalue weighted by molar-refractivity contribution is 5.75. The summed E-state index contributed by atoms with van der Waals surface area (Å²) in [6.45, 7) is 2.72. The molecule has 1 atom stereocenters. The molecule has 0 radical (unpaired) electrons. The van der Waals surface area contributed by atoms with Gasteiger partial charge in [-0.25, -0.2) is 0 Å². The molecule has 21 heavy (non-hydrogen) atoms. The predicted octanol–water partition coefficient (Wildman–Crippen LogP) is 2.49. The molecule has 116 valence electrons. The number of hydrogen-bond donors (Lipinski definition) is 1. The summed E-state index contributed by atoms with van der Waals surface area (Å²) in [4.78, 5) is 11.7. The van der Waals surface area contributed by atoms with Gasteiger partial charge in [0.25, 0.3) is 0 Å². The van der Waals surface area contributed by atoms with Gasteiger partial charge in [-0.15, -0.1) is 0 Å². The van der Waals surface area contributed by atoms with Crippen LogP contribution in [0.25, 0.3) is 0 Å². The van der Waals surface area contributed by atoms with E-state index in [1.54, 1.807) is 7.05 Å². The van der Waals surface area contributed by atoms with Crippen LogP contribution in [-0.4, -0.2) is 32.3 Å². The van der Waals surface area contributed by atoms with E-state index in [9.17, 15) is 4.79 Å². The van der Waals surface area contributed by atoms with E-state index in [0.29, 0.717) is 19.6 Å². The number of aryl methyl sites for hydroxylation is 2. The fraction of sp³-hybridized carbons (Fsp3) is 0.588. The zero-order valence-electron chi connectivity index (χ0n) is 13.0. The first kappa shape index (κ1) is 15.8. The van der Waals surface area contributed by atoms with E-state index in [1.165, 1.54) is 30.4 Å². The van der Waals surface area contributed by atoms with Crippen molar-refractivity contribution in [1.82, 2.24) is 5.32 Å². The smallest absolute Gasteiger partial charge is 0.323 e. The van der Waals surface area contributed by atoms with Crippen molar-refractivity contribution in [3.05, 3.63) is 29.3 Å².